The summed E-state index contributed by atoms with van der Waals surface area (Å²) in [6.07, 6.45) is 1.74. The molecule has 2 heterocycles. The van der Waals surface area contributed by atoms with Crippen LogP contribution >= 0.6 is 11.8 Å². The average molecular weight is 900 g/mol. The Kier molecular flexibility index (Phi) is 23.1. The van der Waals surface area contributed by atoms with E-state index in [4.69, 9.17) is 16.7 Å². The molecule has 2 saturated heterocycles. The number of nitrogens with one attached hydrogen (secondary N) is 9. The largest absolute Gasteiger partial charge is 0.481 e. The fourth-order valence-corrected chi connectivity index (χ4v) is 8.30. The number of hydrogen-bond acceptors (Lipinski definition) is 13. The molecule has 2 rings (SSSR count). The van der Waals surface area contributed by atoms with Crippen LogP contribution in [0.1, 0.15) is 90.9 Å². The Balaban J connectivity index is 1.77. The number of unbranched alkanes of at least 4 members (excludes halogenated alkanes) is 2. The number of carboxylic acids is 1. The van der Waals surface area contributed by atoms with Crippen LogP contribution in [0.4, 0.5) is 4.79 Å². The summed E-state index contributed by atoms with van der Waals surface area (Å²) < 4.78 is 0. The highest BCUT2D eigenvalue weighted by molar-refractivity contribution is 8.00. The molecule has 15 N–H and O–H groups in total. The van der Waals surface area contributed by atoms with Crippen LogP contribution in [0.25, 0.3) is 0 Å². The van der Waals surface area contributed by atoms with E-state index in [2.05, 4.69) is 42.5 Å². The van der Waals surface area contributed by atoms with Crippen LogP contribution in [0.15, 0.2) is 0 Å². The fourth-order valence-electron chi connectivity index (χ4n) is 6.76. The number of primary amides is 2. The highest BCUT2D eigenvalue weighted by Crippen LogP contribution is 2.33. The molecule has 0 aromatic rings. The van der Waals surface area contributed by atoms with Crippen molar-refractivity contribution in [2.45, 2.75) is 126 Å². The van der Waals surface area contributed by atoms with Crippen LogP contribution in [0.2, 0.25) is 0 Å². The maximum atomic E-state index is 13.2. The first-order valence-corrected chi connectivity index (χ1v) is 21.5. The molecular formula is C37H61N11O13S. The Morgan fingerprint density at radius 1 is 0.726 bits per heavy atom. The number of hydroxylamine groups is 1. The number of thioether (sulfide) groups is 1. The van der Waals surface area contributed by atoms with Gasteiger partial charge in [0.25, 0.3) is 0 Å². The monoisotopic (exact) mass is 899 g/mol. The van der Waals surface area contributed by atoms with Gasteiger partial charge >= 0.3 is 12.0 Å². The van der Waals surface area contributed by atoms with Gasteiger partial charge in [-0.3, -0.25) is 53.2 Å². The minimum absolute atomic E-state index is 0.102. The molecule has 62 heavy (non-hydrogen) atoms. The number of rotatable bonds is 30. The zero-order chi connectivity index (χ0) is 46.4. The number of carbonyl (C=O) groups excluding carboxylic acids is 10. The van der Waals surface area contributed by atoms with Gasteiger partial charge in [-0.25, -0.2) is 10.3 Å². The minimum atomic E-state index is -1.69. The van der Waals surface area contributed by atoms with Gasteiger partial charge < -0.3 is 59.1 Å². The third kappa shape index (κ3) is 20.2. The molecule has 0 bridgehead atoms. The Labute approximate surface area is 362 Å². The molecule has 1 unspecified atom stereocenters. The number of urea groups is 1. The Morgan fingerprint density at radius 3 is 2.06 bits per heavy atom. The molecule has 0 radical (unpaired) electrons. The van der Waals surface area contributed by atoms with E-state index in [1.165, 1.54) is 5.48 Å². The van der Waals surface area contributed by atoms with Gasteiger partial charge in [-0.15, -0.1) is 0 Å². The van der Waals surface area contributed by atoms with Crippen molar-refractivity contribution in [3.05, 3.63) is 0 Å². The molecule has 0 spiro atoms. The summed E-state index contributed by atoms with van der Waals surface area (Å²) in [7, 11) is 0. The molecule has 11 amide bonds. The topological polar surface area (TPSA) is 389 Å². The van der Waals surface area contributed by atoms with Crippen LogP contribution in [-0.4, -0.2) is 136 Å². The van der Waals surface area contributed by atoms with Crippen LogP contribution < -0.4 is 59.5 Å². The van der Waals surface area contributed by atoms with E-state index >= 15 is 0 Å². The Morgan fingerprint density at radius 2 is 1.42 bits per heavy atom. The molecular weight excluding hydrogens is 839 g/mol. The number of amides is 11. The van der Waals surface area contributed by atoms with Crippen molar-refractivity contribution in [1.29, 1.82) is 0 Å². The zero-order valence-electron chi connectivity index (χ0n) is 34.9. The van der Waals surface area contributed by atoms with E-state index in [1.807, 2.05) is 11.8 Å². The number of carboxylic acid groups (broad SMARTS) is 1. The van der Waals surface area contributed by atoms with Crippen molar-refractivity contribution in [2.24, 2.45) is 23.3 Å². The lowest BCUT2D eigenvalue weighted by Crippen LogP contribution is -2.56. The quantitative estimate of drug-likeness (QED) is 0.0144. The van der Waals surface area contributed by atoms with Crippen LogP contribution in [0, 0.1) is 11.8 Å². The summed E-state index contributed by atoms with van der Waals surface area (Å²) in [5.74, 6) is -9.06. The van der Waals surface area contributed by atoms with Crippen LogP contribution in [0.3, 0.4) is 0 Å². The second-order valence-corrected chi connectivity index (χ2v) is 16.8. The SMILES string of the molecule is CC(C)CC(CC(=O)NO)C(=O)N[C@@H](CCC(=O)O)C(=O)N[C@@H](CC(N)=O)C(=O)NCC(=O)NCC(=O)N[C@@H](CCCCNC(=O)CCCC[C@@H]1SC[C@@H]2NC(=O)N[C@@H]21)C(N)=O. The van der Waals surface area contributed by atoms with E-state index in [9.17, 15) is 57.8 Å². The van der Waals surface area contributed by atoms with Gasteiger partial charge in [0.15, 0.2) is 0 Å². The smallest absolute Gasteiger partial charge is 0.315 e. The van der Waals surface area contributed by atoms with Gasteiger partial charge in [0, 0.05) is 42.7 Å². The van der Waals surface area contributed by atoms with E-state index < -0.39 is 116 Å². The molecule has 25 heteroatoms. The first-order valence-electron chi connectivity index (χ1n) is 20.4. The van der Waals surface area contributed by atoms with Crippen LogP contribution in [0.5, 0.6) is 0 Å². The van der Waals surface area contributed by atoms with Gasteiger partial charge in [0.2, 0.25) is 53.2 Å². The molecule has 2 fully saturated rings. The van der Waals surface area contributed by atoms with E-state index in [-0.39, 0.29) is 42.8 Å². The van der Waals surface area contributed by atoms with E-state index in [0.717, 1.165) is 18.6 Å². The molecule has 2 aliphatic rings. The van der Waals surface area contributed by atoms with Crippen molar-refractivity contribution in [2.75, 3.05) is 25.4 Å². The van der Waals surface area contributed by atoms with Crippen molar-refractivity contribution in [3.8, 4) is 0 Å². The number of carbonyl (C=O) groups is 11. The molecule has 0 aliphatic carbocycles. The number of nitrogens with two attached hydrogens (primary N) is 2. The lowest BCUT2D eigenvalue weighted by Gasteiger charge is -2.25. The van der Waals surface area contributed by atoms with E-state index in [0.29, 0.717) is 37.5 Å². The first kappa shape index (κ1) is 52.4. The van der Waals surface area contributed by atoms with Crippen molar-refractivity contribution >= 4 is 76.9 Å². The number of fused-ring (bicyclic) bond motifs is 1. The highest BCUT2D eigenvalue weighted by Gasteiger charge is 2.42. The Hall–Kier alpha value is -5.72. The van der Waals surface area contributed by atoms with Gasteiger partial charge in [-0.1, -0.05) is 20.3 Å². The molecule has 24 nitrogen and oxygen atoms in total. The second kappa shape index (κ2) is 27.3. The van der Waals surface area contributed by atoms with Gasteiger partial charge in [-0.2, -0.15) is 11.8 Å². The summed E-state index contributed by atoms with van der Waals surface area (Å²) in [6.45, 7) is 2.50. The third-order valence-corrected chi connectivity index (χ3v) is 11.4. The second-order valence-electron chi connectivity index (χ2n) is 15.5. The normalized spacial score (nSPS) is 18.3. The van der Waals surface area contributed by atoms with Gasteiger partial charge in [-0.05, 0) is 50.9 Å². The summed E-state index contributed by atoms with van der Waals surface area (Å²) in [4.78, 5) is 135. The predicted octanol–water partition coefficient (Wildman–Crippen LogP) is -3.53. The molecule has 7 atom stereocenters. The van der Waals surface area contributed by atoms with Crippen LogP contribution in [-0.2, 0) is 47.9 Å². The van der Waals surface area contributed by atoms with E-state index in [1.54, 1.807) is 13.8 Å². The predicted molar refractivity (Wildman–Crippen MR) is 220 cm³/mol. The standard InChI is InChI=1S/C37H61N11O13S/c1-19(2)13-20(14-28(51)48-61)34(57)44-22(10-11-31(54)55)36(59)45-23(15-26(38)49)35(58)42-16-29(52)41-17-30(53)43-21(33(39)56)7-5-6-12-40-27(50)9-4-3-8-25-32-24(18-62-25)46-37(60)47-32/h19-25,32,61H,3-18H2,1-2H3,(H2,38,49)(H2,39,56)(H,40,50)(H,41,52)(H,42,58)(H,43,53)(H,44,57)(H,45,59)(H,48,51)(H,54,55)(H2,46,47,60)/t20?,21-,22-,23-,24-,25-,32-/m0/s1. The van der Waals surface area contributed by atoms with Crippen molar-refractivity contribution in [3.63, 3.8) is 0 Å². The average Bonchev–Trinajstić information content (AvgIpc) is 3.76. The summed E-state index contributed by atoms with van der Waals surface area (Å²) in [6, 6.07) is -4.19. The first-order chi connectivity index (χ1) is 29.3. The number of aliphatic carboxylic acids is 1. The van der Waals surface area contributed by atoms with Crippen molar-refractivity contribution in [1.82, 2.24) is 48.0 Å². The lowest BCUT2D eigenvalue weighted by atomic mass is 9.92. The molecule has 0 aromatic heterocycles. The molecule has 0 aromatic carbocycles. The zero-order valence-corrected chi connectivity index (χ0v) is 35.7. The van der Waals surface area contributed by atoms with Gasteiger partial charge in [0.05, 0.1) is 31.6 Å². The minimum Gasteiger partial charge on any atom is -0.481 e. The molecule has 2 aliphatic heterocycles. The molecule has 348 valence electrons. The number of hydrogen-bond donors (Lipinski definition) is 13. The highest BCUT2D eigenvalue weighted by atomic mass is 32.2. The Bertz CT molecular complexity index is 1640. The molecule has 0 saturated carbocycles. The summed E-state index contributed by atoms with van der Waals surface area (Å²) >= 11 is 1.82. The maximum absolute atomic E-state index is 13.2. The fraction of sp³-hybridized carbons (Fsp3) is 0.703. The van der Waals surface area contributed by atoms with Crippen molar-refractivity contribution < 1.29 is 63.1 Å². The summed E-state index contributed by atoms with van der Waals surface area (Å²) in [5, 5.41) is 38.5. The maximum Gasteiger partial charge on any atom is 0.315 e. The van der Waals surface area contributed by atoms with Gasteiger partial charge in [0.1, 0.15) is 18.1 Å². The summed E-state index contributed by atoms with van der Waals surface area (Å²) in [5.41, 5.74) is 12.1. The third-order valence-electron chi connectivity index (χ3n) is 9.87. The lowest BCUT2D eigenvalue weighted by molar-refractivity contribution is -0.139.